The molecule has 6 nitrogen and oxygen atoms in total. The molecule has 0 radical (unpaired) electrons. The zero-order chi connectivity index (χ0) is 22.7. The number of amides is 1. The molecule has 0 unspecified atom stereocenters. The van der Waals surface area contributed by atoms with Crippen molar-refractivity contribution in [3.63, 3.8) is 0 Å². The van der Waals surface area contributed by atoms with Gasteiger partial charge in [0, 0.05) is 43.3 Å². The molecule has 0 N–H and O–H groups in total. The van der Waals surface area contributed by atoms with Gasteiger partial charge in [-0.3, -0.25) is 4.79 Å². The molecule has 1 amide bonds. The lowest BCUT2D eigenvalue weighted by atomic mass is 9.75. The Labute approximate surface area is 183 Å². The molecule has 1 saturated heterocycles. The fraction of sp³-hybridized carbons (Fsp3) is 0.348. The van der Waals surface area contributed by atoms with E-state index in [1.54, 1.807) is 24.1 Å². The smallest absolute Gasteiger partial charge is 0.257 e. The number of hydrogen-bond donors (Lipinski definition) is 0. The Balaban J connectivity index is 1.53. The van der Waals surface area contributed by atoms with Crippen molar-refractivity contribution >= 4 is 5.91 Å². The fourth-order valence-corrected chi connectivity index (χ4v) is 3.98. The van der Waals surface area contributed by atoms with Gasteiger partial charge < -0.3 is 14.2 Å². The van der Waals surface area contributed by atoms with E-state index in [4.69, 9.17) is 9.26 Å². The van der Waals surface area contributed by atoms with Gasteiger partial charge in [-0.1, -0.05) is 5.16 Å². The van der Waals surface area contributed by atoms with Gasteiger partial charge in [-0.25, -0.2) is 13.2 Å². The van der Waals surface area contributed by atoms with Crippen molar-refractivity contribution in [1.29, 1.82) is 0 Å². The SMILES string of the molecule is COCCC1(c2noc(-c3ccc(F)cc3)n2)CCN(C(=O)c2ccc(F)c(F)c2)CC1. The standard InChI is InChI=1S/C23H22F3N3O3/c1-31-13-10-23(22-27-20(32-28-22)15-2-5-17(24)6-3-15)8-11-29(12-9-23)21(30)16-4-7-18(25)19(26)14-16/h2-7,14H,8-13H2,1H3. The van der Waals surface area contributed by atoms with Gasteiger partial charge in [-0.15, -0.1) is 0 Å². The Morgan fingerprint density at radius 3 is 2.47 bits per heavy atom. The van der Waals surface area contributed by atoms with Crippen LogP contribution in [0.4, 0.5) is 13.2 Å². The maximum Gasteiger partial charge on any atom is 0.257 e. The number of carbonyl (C=O) groups is 1. The zero-order valence-electron chi connectivity index (χ0n) is 17.5. The molecule has 1 aliphatic rings. The zero-order valence-corrected chi connectivity index (χ0v) is 17.5. The first kappa shape index (κ1) is 22.0. The molecular formula is C23H22F3N3O3. The summed E-state index contributed by atoms with van der Waals surface area (Å²) in [6, 6.07) is 8.92. The fourth-order valence-electron chi connectivity index (χ4n) is 3.98. The summed E-state index contributed by atoms with van der Waals surface area (Å²) in [6.07, 6.45) is 1.72. The summed E-state index contributed by atoms with van der Waals surface area (Å²) in [5, 5.41) is 4.18. The summed E-state index contributed by atoms with van der Waals surface area (Å²) < 4.78 is 50.7. The molecule has 2 aromatic carbocycles. The van der Waals surface area contributed by atoms with Crippen molar-refractivity contribution < 1.29 is 27.2 Å². The number of rotatable bonds is 6. The summed E-state index contributed by atoms with van der Waals surface area (Å²) in [4.78, 5) is 18.9. The number of piperidine rings is 1. The van der Waals surface area contributed by atoms with Gasteiger partial charge in [-0.05, 0) is 61.7 Å². The van der Waals surface area contributed by atoms with Gasteiger partial charge in [0.15, 0.2) is 17.5 Å². The topological polar surface area (TPSA) is 68.5 Å². The summed E-state index contributed by atoms with van der Waals surface area (Å²) in [6.45, 7) is 1.25. The van der Waals surface area contributed by atoms with Crippen LogP contribution in [-0.4, -0.2) is 47.8 Å². The highest BCUT2D eigenvalue weighted by Gasteiger charge is 2.41. The maximum atomic E-state index is 13.5. The summed E-state index contributed by atoms with van der Waals surface area (Å²) in [5.41, 5.74) is 0.243. The summed E-state index contributed by atoms with van der Waals surface area (Å²) in [7, 11) is 1.61. The van der Waals surface area contributed by atoms with Crippen LogP contribution in [0.5, 0.6) is 0 Å². The van der Waals surface area contributed by atoms with Crippen molar-refractivity contribution in [2.24, 2.45) is 0 Å². The van der Waals surface area contributed by atoms with Crippen molar-refractivity contribution in [3.05, 3.63) is 71.3 Å². The van der Waals surface area contributed by atoms with Crippen LogP contribution in [0.15, 0.2) is 47.0 Å². The van der Waals surface area contributed by atoms with Gasteiger partial charge >= 0.3 is 0 Å². The van der Waals surface area contributed by atoms with Crippen molar-refractivity contribution in [3.8, 4) is 11.5 Å². The largest absolute Gasteiger partial charge is 0.385 e. The highest BCUT2D eigenvalue weighted by molar-refractivity contribution is 5.94. The van der Waals surface area contributed by atoms with Gasteiger partial charge in [-0.2, -0.15) is 4.98 Å². The second-order valence-corrected chi connectivity index (χ2v) is 7.87. The summed E-state index contributed by atoms with van der Waals surface area (Å²) in [5.74, 6) is -1.96. The Morgan fingerprint density at radius 2 is 1.81 bits per heavy atom. The molecule has 3 aromatic rings. The van der Waals surface area contributed by atoms with Crippen LogP contribution in [-0.2, 0) is 10.2 Å². The molecule has 168 valence electrons. The highest BCUT2D eigenvalue weighted by atomic mass is 19.2. The van der Waals surface area contributed by atoms with Crippen LogP contribution in [0.2, 0.25) is 0 Å². The number of hydrogen-bond acceptors (Lipinski definition) is 5. The molecule has 0 atom stereocenters. The molecule has 32 heavy (non-hydrogen) atoms. The van der Waals surface area contributed by atoms with Gasteiger partial charge in [0.05, 0.1) is 0 Å². The van der Waals surface area contributed by atoms with Crippen LogP contribution in [0, 0.1) is 17.5 Å². The number of aromatic nitrogens is 2. The van der Waals surface area contributed by atoms with E-state index in [-0.39, 0.29) is 23.2 Å². The van der Waals surface area contributed by atoms with Crippen LogP contribution in [0.25, 0.3) is 11.5 Å². The summed E-state index contributed by atoms with van der Waals surface area (Å²) >= 11 is 0. The quantitative estimate of drug-likeness (QED) is 0.564. The molecular weight excluding hydrogens is 423 g/mol. The van der Waals surface area contributed by atoms with E-state index in [1.807, 2.05) is 0 Å². The van der Waals surface area contributed by atoms with E-state index in [1.165, 1.54) is 18.2 Å². The second-order valence-electron chi connectivity index (χ2n) is 7.87. The molecule has 1 aromatic heterocycles. The van der Waals surface area contributed by atoms with E-state index in [0.29, 0.717) is 50.3 Å². The highest BCUT2D eigenvalue weighted by Crippen LogP contribution is 2.38. The lowest BCUT2D eigenvalue weighted by molar-refractivity contribution is 0.0615. The number of ether oxygens (including phenoxy) is 1. The Hall–Kier alpha value is -3.20. The van der Waals surface area contributed by atoms with Gasteiger partial charge in [0.1, 0.15) is 5.82 Å². The molecule has 0 bridgehead atoms. The van der Waals surface area contributed by atoms with E-state index >= 15 is 0 Å². The normalized spacial score (nSPS) is 15.7. The predicted molar refractivity (Wildman–Crippen MR) is 109 cm³/mol. The van der Waals surface area contributed by atoms with Crippen molar-refractivity contribution in [1.82, 2.24) is 15.0 Å². The molecule has 1 fully saturated rings. The predicted octanol–water partition coefficient (Wildman–Crippen LogP) is 4.36. The van der Waals surface area contributed by atoms with E-state index in [9.17, 15) is 18.0 Å². The first-order valence-corrected chi connectivity index (χ1v) is 10.3. The average Bonchev–Trinajstić information content (AvgIpc) is 3.31. The minimum atomic E-state index is -1.05. The third kappa shape index (κ3) is 4.38. The first-order valence-electron chi connectivity index (χ1n) is 10.3. The van der Waals surface area contributed by atoms with Crippen LogP contribution < -0.4 is 0 Å². The van der Waals surface area contributed by atoms with E-state index < -0.39 is 17.0 Å². The molecule has 1 aliphatic heterocycles. The molecule has 0 saturated carbocycles. The molecule has 9 heteroatoms. The molecule has 0 aliphatic carbocycles. The van der Waals surface area contributed by atoms with Crippen LogP contribution in [0.1, 0.15) is 35.4 Å². The molecule has 4 rings (SSSR count). The van der Waals surface area contributed by atoms with Gasteiger partial charge in [0.2, 0.25) is 0 Å². The number of nitrogens with zero attached hydrogens (tertiary/aromatic N) is 3. The Kier molecular flexibility index (Phi) is 6.27. The monoisotopic (exact) mass is 445 g/mol. The first-order chi connectivity index (χ1) is 15.4. The van der Waals surface area contributed by atoms with Crippen LogP contribution >= 0.6 is 0 Å². The van der Waals surface area contributed by atoms with Crippen molar-refractivity contribution in [2.75, 3.05) is 26.8 Å². The minimum absolute atomic E-state index is 0.103. The Morgan fingerprint density at radius 1 is 1.09 bits per heavy atom. The lowest BCUT2D eigenvalue weighted by Crippen LogP contribution is -2.46. The molecule has 0 spiro atoms. The third-order valence-corrected chi connectivity index (χ3v) is 5.95. The second kappa shape index (κ2) is 9.12. The minimum Gasteiger partial charge on any atom is -0.385 e. The number of carbonyl (C=O) groups excluding carboxylic acids is 1. The van der Waals surface area contributed by atoms with E-state index in [0.717, 1.165) is 12.1 Å². The lowest BCUT2D eigenvalue weighted by Gasteiger charge is -2.39. The number of likely N-dealkylation sites (tertiary alicyclic amines) is 1. The van der Waals surface area contributed by atoms with Gasteiger partial charge in [0.25, 0.3) is 11.8 Å². The number of methoxy groups -OCH3 is 1. The Bertz CT molecular complexity index is 1090. The van der Waals surface area contributed by atoms with Crippen LogP contribution in [0.3, 0.4) is 0 Å². The number of halogens is 3. The maximum absolute atomic E-state index is 13.5. The average molecular weight is 445 g/mol. The number of benzene rings is 2. The van der Waals surface area contributed by atoms with Crippen molar-refractivity contribution in [2.45, 2.75) is 24.7 Å². The van der Waals surface area contributed by atoms with E-state index in [2.05, 4.69) is 10.1 Å². The molecule has 2 heterocycles. The third-order valence-electron chi connectivity index (χ3n) is 5.95.